The number of hydrogen-bond acceptors (Lipinski definition) is 4. The molecule has 0 aromatic heterocycles. The molecule has 3 unspecified atom stereocenters. The molecular formula is C14H22O4. The predicted octanol–water partition coefficient (Wildman–Crippen LogP) is 1.84. The van der Waals surface area contributed by atoms with Crippen LogP contribution in [0.25, 0.3) is 0 Å². The summed E-state index contributed by atoms with van der Waals surface area (Å²) in [5, 5.41) is 8.19. The van der Waals surface area contributed by atoms with Crippen LogP contribution < -0.4 is 0 Å². The first-order valence-electron chi connectivity index (χ1n) is 6.30. The maximum atomic E-state index is 10.5. The average Bonchev–Trinajstić information content (AvgIpc) is 3.14. The largest absolute Gasteiger partial charge is 0.460 e. The Balaban J connectivity index is 0.000000180. The van der Waals surface area contributed by atoms with Gasteiger partial charge in [-0.25, -0.2) is 4.79 Å². The Morgan fingerprint density at radius 1 is 1.50 bits per heavy atom. The van der Waals surface area contributed by atoms with Crippen molar-refractivity contribution in [1.82, 2.24) is 0 Å². The lowest BCUT2D eigenvalue weighted by molar-refractivity contribution is -0.139. The van der Waals surface area contributed by atoms with Gasteiger partial charge in [-0.2, -0.15) is 0 Å². The lowest BCUT2D eigenvalue weighted by Crippen LogP contribution is -2.10. The van der Waals surface area contributed by atoms with Crippen LogP contribution in [0.1, 0.15) is 26.2 Å². The number of hydrogen-bond donors (Lipinski definition) is 1. The van der Waals surface area contributed by atoms with Crippen molar-refractivity contribution >= 4 is 5.97 Å². The fourth-order valence-electron chi connectivity index (χ4n) is 1.91. The van der Waals surface area contributed by atoms with E-state index >= 15 is 0 Å². The number of epoxide rings is 1. The summed E-state index contributed by atoms with van der Waals surface area (Å²) < 4.78 is 9.83. The molecule has 1 N–H and O–H groups in total. The first kappa shape index (κ1) is 14.9. The van der Waals surface area contributed by atoms with Gasteiger partial charge in [-0.1, -0.05) is 12.7 Å². The summed E-state index contributed by atoms with van der Waals surface area (Å²) in [6.45, 7) is 8.60. The number of fused-ring (bicyclic) bond motifs is 1. The zero-order valence-corrected chi connectivity index (χ0v) is 10.9. The van der Waals surface area contributed by atoms with Gasteiger partial charge in [0.15, 0.2) is 0 Å². The van der Waals surface area contributed by atoms with E-state index in [2.05, 4.69) is 24.0 Å². The van der Waals surface area contributed by atoms with Gasteiger partial charge in [-0.05, 0) is 32.1 Å². The van der Waals surface area contributed by atoms with Crippen molar-refractivity contribution in [2.45, 2.75) is 38.4 Å². The van der Waals surface area contributed by atoms with Crippen molar-refractivity contribution in [3.63, 3.8) is 0 Å². The third kappa shape index (κ3) is 5.02. The summed E-state index contributed by atoms with van der Waals surface area (Å²) in [7, 11) is 0. The first-order chi connectivity index (χ1) is 8.58. The number of ether oxygens (including phenoxy) is 2. The Labute approximate surface area is 108 Å². The molecule has 1 aliphatic carbocycles. The van der Waals surface area contributed by atoms with Crippen LogP contribution in [0.4, 0.5) is 0 Å². The molecule has 0 bridgehead atoms. The van der Waals surface area contributed by atoms with Crippen LogP contribution in [0.3, 0.4) is 0 Å². The summed E-state index contributed by atoms with van der Waals surface area (Å²) >= 11 is 0. The number of aliphatic hydroxyl groups is 1. The monoisotopic (exact) mass is 254 g/mol. The number of allylic oxidation sites excluding steroid dienone is 1. The molecule has 1 aliphatic heterocycles. The lowest BCUT2D eigenvalue weighted by Gasteiger charge is -2.12. The Morgan fingerprint density at radius 2 is 2.22 bits per heavy atom. The van der Waals surface area contributed by atoms with E-state index in [1.165, 1.54) is 19.3 Å². The molecule has 0 aromatic rings. The molecule has 102 valence electrons. The summed E-state index contributed by atoms with van der Waals surface area (Å²) in [5.41, 5.74) is 0.350. The fourth-order valence-corrected chi connectivity index (χ4v) is 1.91. The van der Waals surface area contributed by atoms with Gasteiger partial charge in [0.1, 0.15) is 6.61 Å². The third-order valence-electron chi connectivity index (χ3n) is 3.05. The molecule has 18 heavy (non-hydrogen) atoms. The second-order valence-corrected chi connectivity index (χ2v) is 4.66. The van der Waals surface area contributed by atoms with E-state index in [1.807, 2.05) is 0 Å². The number of rotatable bonds is 4. The van der Waals surface area contributed by atoms with Crippen LogP contribution in [0.15, 0.2) is 24.8 Å². The zero-order chi connectivity index (χ0) is 13.5. The highest BCUT2D eigenvalue weighted by atomic mass is 16.6. The van der Waals surface area contributed by atoms with Gasteiger partial charge in [-0.15, -0.1) is 6.58 Å². The van der Waals surface area contributed by atoms with Crippen molar-refractivity contribution in [2.24, 2.45) is 5.92 Å². The van der Waals surface area contributed by atoms with Crippen molar-refractivity contribution < 1.29 is 19.4 Å². The topological polar surface area (TPSA) is 59.1 Å². The van der Waals surface area contributed by atoms with Crippen LogP contribution in [0, 0.1) is 5.92 Å². The molecule has 1 heterocycles. The first-order valence-corrected chi connectivity index (χ1v) is 6.30. The highest BCUT2D eigenvalue weighted by molar-refractivity contribution is 5.86. The summed E-state index contributed by atoms with van der Waals surface area (Å²) in [6, 6.07) is 0. The number of carbonyl (C=O) groups excluding carboxylic acids is 1. The minimum Gasteiger partial charge on any atom is -0.460 e. The molecule has 0 aromatic carbocycles. The van der Waals surface area contributed by atoms with Crippen LogP contribution in [0.5, 0.6) is 0 Å². The number of carbonyl (C=O) groups is 1. The Bertz CT molecular complexity index is 311. The van der Waals surface area contributed by atoms with Crippen LogP contribution in [0.2, 0.25) is 0 Å². The highest BCUT2D eigenvalue weighted by Crippen LogP contribution is 2.39. The highest BCUT2D eigenvalue weighted by Gasteiger charge is 2.42. The van der Waals surface area contributed by atoms with Gasteiger partial charge in [0.25, 0.3) is 0 Å². The van der Waals surface area contributed by atoms with Crippen molar-refractivity contribution in [3.8, 4) is 0 Å². The molecular weight excluding hydrogens is 232 g/mol. The minimum atomic E-state index is -0.455. The minimum absolute atomic E-state index is 0.0473. The maximum Gasteiger partial charge on any atom is 0.333 e. The normalized spacial score (nSPS) is 28.2. The van der Waals surface area contributed by atoms with Crippen LogP contribution >= 0.6 is 0 Å². The second kappa shape index (κ2) is 7.34. The van der Waals surface area contributed by atoms with Gasteiger partial charge in [0, 0.05) is 5.57 Å². The molecule has 3 atom stereocenters. The number of esters is 1. The smallest absolute Gasteiger partial charge is 0.333 e. The van der Waals surface area contributed by atoms with E-state index in [4.69, 9.17) is 9.84 Å². The Kier molecular flexibility index (Phi) is 6.09. The van der Waals surface area contributed by atoms with E-state index in [-0.39, 0.29) is 13.2 Å². The Hall–Kier alpha value is -1.13. The summed E-state index contributed by atoms with van der Waals surface area (Å²) in [4.78, 5) is 10.5. The zero-order valence-electron chi connectivity index (χ0n) is 10.9. The van der Waals surface area contributed by atoms with E-state index in [0.29, 0.717) is 17.8 Å². The summed E-state index contributed by atoms with van der Waals surface area (Å²) in [5.74, 6) is 0.290. The molecule has 1 saturated heterocycles. The second-order valence-electron chi connectivity index (χ2n) is 4.66. The molecule has 1 saturated carbocycles. The predicted molar refractivity (Wildman–Crippen MR) is 69.1 cm³/mol. The van der Waals surface area contributed by atoms with Gasteiger partial charge < -0.3 is 14.6 Å². The molecule has 0 radical (unpaired) electrons. The van der Waals surface area contributed by atoms with Gasteiger partial charge in [0.05, 0.1) is 18.8 Å². The molecule has 2 aliphatic rings. The molecule has 2 fully saturated rings. The van der Waals surface area contributed by atoms with Crippen molar-refractivity contribution in [3.05, 3.63) is 24.8 Å². The van der Waals surface area contributed by atoms with E-state index < -0.39 is 5.97 Å². The van der Waals surface area contributed by atoms with Crippen LogP contribution in [-0.2, 0) is 14.3 Å². The quantitative estimate of drug-likeness (QED) is 0.360. The molecule has 0 amide bonds. The van der Waals surface area contributed by atoms with Gasteiger partial charge in [-0.3, -0.25) is 0 Å². The molecule has 0 spiro atoms. The van der Waals surface area contributed by atoms with Crippen molar-refractivity contribution in [2.75, 3.05) is 13.2 Å². The summed E-state index contributed by atoms with van der Waals surface area (Å²) in [6.07, 6.45) is 7.11. The van der Waals surface area contributed by atoms with Crippen LogP contribution in [-0.4, -0.2) is 36.5 Å². The fraction of sp³-hybridized carbons (Fsp3) is 0.643. The third-order valence-corrected chi connectivity index (χ3v) is 3.05. The van der Waals surface area contributed by atoms with Gasteiger partial charge >= 0.3 is 5.97 Å². The number of aliphatic hydroxyl groups excluding tert-OH is 1. The Morgan fingerprint density at radius 3 is 2.72 bits per heavy atom. The van der Waals surface area contributed by atoms with E-state index in [1.54, 1.807) is 6.92 Å². The standard InChI is InChI=1S/C8H12O.C6H10O3/c1-2-6-3-4-7-8(5-6)9-7;1-5(2)6(8)9-4-3-7/h2,6-8H,1,3-5H2;7H,1,3-4H2,2H3. The SMILES string of the molecule is C=C(C)C(=O)OCCO.C=CC1CCC2OC2C1. The average molecular weight is 254 g/mol. The molecule has 2 rings (SSSR count). The molecule has 4 nitrogen and oxygen atoms in total. The van der Waals surface area contributed by atoms with Gasteiger partial charge in [0.2, 0.25) is 0 Å². The van der Waals surface area contributed by atoms with E-state index in [0.717, 1.165) is 5.92 Å². The van der Waals surface area contributed by atoms with E-state index in [9.17, 15) is 4.79 Å². The lowest BCUT2D eigenvalue weighted by atomic mass is 9.90. The van der Waals surface area contributed by atoms with Crippen molar-refractivity contribution in [1.29, 1.82) is 0 Å². The molecule has 4 heteroatoms. The maximum absolute atomic E-state index is 10.5.